The van der Waals surface area contributed by atoms with E-state index in [2.05, 4.69) is 11.9 Å². The summed E-state index contributed by atoms with van der Waals surface area (Å²) in [5.41, 5.74) is 2.53. The molecule has 3 aromatic rings. The van der Waals surface area contributed by atoms with E-state index in [0.29, 0.717) is 12.2 Å². The summed E-state index contributed by atoms with van der Waals surface area (Å²) in [4.78, 5) is 15.9. The topological polar surface area (TPSA) is 59.4 Å². The second-order valence-corrected chi connectivity index (χ2v) is 7.03. The summed E-state index contributed by atoms with van der Waals surface area (Å²) < 4.78 is 6.72. The molecule has 0 radical (unpaired) electrons. The molecule has 1 heterocycles. The van der Waals surface area contributed by atoms with Gasteiger partial charge in [0.1, 0.15) is 10.8 Å². The number of aromatic nitrogens is 1. The lowest BCUT2D eigenvalue weighted by atomic mass is 10.1. The molecule has 0 aliphatic heterocycles. The summed E-state index contributed by atoms with van der Waals surface area (Å²) in [6.45, 7) is 2.84. The first-order chi connectivity index (χ1) is 12.7. The van der Waals surface area contributed by atoms with Gasteiger partial charge in [-0.05, 0) is 47.9 Å². The highest BCUT2D eigenvalue weighted by Crippen LogP contribution is 2.30. The number of rotatable bonds is 8. The first-order valence-electron chi connectivity index (χ1n) is 8.67. The molecule has 134 valence electrons. The smallest absolute Gasteiger partial charge is 0.307 e. The summed E-state index contributed by atoms with van der Waals surface area (Å²) in [7, 11) is 0. The standard InChI is InChI=1S/C21H21NO3S/c1-2-3-12-25-17-10-8-15(9-11-17)13-16(14-20(23)24)21-22-18-6-4-5-7-19(18)26-21/h4-11,13H,2-3,12,14H2,1H3,(H,23,24). The zero-order chi connectivity index (χ0) is 18.4. The third kappa shape index (κ3) is 4.70. The second-order valence-electron chi connectivity index (χ2n) is 6.00. The number of para-hydroxylation sites is 1. The minimum Gasteiger partial charge on any atom is -0.494 e. The molecule has 26 heavy (non-hydrogen) atoms. The first kappa shape index (κ1) is 18.1. The van der Waals surface area contributed by atoms with Crippen LogP contribution in [0.5, 0.6) is 5.75 Å². The Kier molecular flexibility index (Phi) is 6.02. The van der Waals surface area contributed by atoms with E-state index < -0.39 is 5.97 Å². The van der Waals surface area contributed by atoms with Gasteiger partial charge in [-0.1, -0.05) is 37.6 Å². The number of hydrogen-bond acceptors (Lipinski definition) is 4. The maximum absolute atomic E-state index is 11.3. The Bertz CT molecular complexity index is 879. The summed E-state index contributed by atoms with van der Waals surface area (Å²) in [6.07, 6.45) is 3.96. The average Bonchev–Trinajstić information content (AvgIpc) is 3.06. The minimum atomic E-state index is -0.866. The molecule has 0 amide bonds. The van der Waals surface area contributed by atoms with Crippen LogP contribution in [0, 0.1) is 0 Å². The Hall–Kier alpha value is -2.66. The van der Waals surface area contributed by atoms with E-state index in [0.717, 1.165) is 39.4 Å². The summed E-state index contributed by atoms with van der Waals surface area (Å²) in [6, 6.07) is 15.5. The van der Waals surface area contributed by atoms with E-state index >= 15 is 0 Å². The fourth-order valence-corrected chi connectivity index (χ4v) is 3.54. The fourth-order valence-electron chi connectivity index (χ4n) is 2.56. The Morgan fingerprint density at radius 1 is 1.19 bits per heavy atom. The lowest BCUT2D eigenvalue weighted by molar-refractivity contribution is -0.135. The van der Waals surface area contributed by atoms with Crippen molar-refractivity contribution in [2.24, 2.45) is 0 Å². The summed E-state index contributed by atoms with van der Waals surface area (Å²) in [5, 5.41) is 10.0. The minimum absolute atomic E-state index is 0.0609. The molecule has 2 aromatic carbocycles. The van der Waals surface area contributed by atoms with E-state index in [-0.39, 0.29) is 6.42 Å². The third-order valence-electron chi connectivity index (χ3n) is 3.90. The van der Waals surface area contributed by atoms with Crippen LogP contribution in [0.4, 0.5) is 0 Å². The van der Waals surface area contributed by atoms with Crippen molar-refractivity contribution in [1.29, 1.82) is 0 Å². The van der Waals surface area contributed by atoms with Crippen LogP contribution in [-0.4, -0.2) is 22.7 Å². The molecule has 4 nitrogen and oxygen atoms in total. The van der Waals surface area contributed by atoms with Gasteiger partial charge in [0, 0.05) is 0 Å². The Labute approximate surface area is 156 Å². The monoisotopic (exact) mass is 367 g/mol. The molecule has 0 spiro atoms. The van der Waals surface area contributed by atoms with Crippen molar-refractivity contribution in [2.45, 2.75) is 26.2 Å². The van der Waals surface area contributed by atoms with Crippen molar-refractivity contribution in [1.82, 2.24) is 4.98 Å². The molecule has 0 unspecified atom stereocenters. The van der Waals surface area contributed by atoms with Crippen molar-refractivity contribution in [2.75, 3.05) is 6.61 Å². The number of hydrogen-bond donors (Lipinski definition) is 1. The van der Waals surface area contributed by atoms with Crippen LogP contribution >= 0.6 is 11.3 Å². The highest BCUT2D eigenvalue weighted by Gasteiger charge is 2.12. The number of nitrogens with zero attached hydrogens (tertiary/aromatic N) is 1. The predicted molar refractivity (Wildman–Crippen MR) is 107 cm³/mol. The van der Waals surface area contributed by atoms with Gasteiger partial charge in [0.15, 0.2) is 0 Å². The molecule has 0 aliphatic rings. The normalized spacial score (nSPS) is 11.7. The Morgan fingerprint density at radius 2 is 1.96 bits per heavy atom. The molecule has 1 N–H and O–H groups in total. The average molecular weight is 367 g/mol. The van der Waals surface area contributed by atoms with E-state index in [4.69, 9.17) is 4.74 Å². The number of carboxylic acids is 1. The van der Waals surface area contributed by atoms with Crippen LogP contribution in [0.15, 0.2) is 48.5 Å². The van der Waals surface area contributed by atoms with Gasteiger partial charge < -0.3 is 9.84 Å². The van der Waals surface area contributed by atoms with E-state index in [1.165, 1.54) is 11.3 Å². The van der Waals surface area contributed by atoms with Crippen molar-refractivity contribution in [3.63, 3.8) is 0 Å². The SMILES string of the molecule is CCCCOc1ccc(C=C(CC(=O)O)c2nc3ccccc3s2)cc1. The van der Waals surface area contributed by atoms with Crippen molar-refractivity contribution < 1.29 is 14.6 Å². The second kappa shape index (κ2) is 8.63. The predicted octanol–water partition coefficient (Wildman–Crippen LogP) is 5.49. The Balaban J connectivity index is 1.86. The fraction of sp³-hybridized carbons (Fsp3) is 0.238. The molecular weight excluding hydrogens is 346 g/mol. The lowest BCUT2D eigenvalue weighted by Gasteiger charge is -2.06. The lowest BCUT2D eigenvalue weighted by Crippen LogP contribution is -1.97. The number of carboxylic acid groups (broad SMARTS) is 1. The van der Waals surface area contributed by atoms with E-state index in [9.17, 15) is 9.90 Å². The van der Waals surface area contributed by atoms with Crippen molar-refractivity contribution in [3.05, 3.63) is 59.1 Å². The molecule has 0 bridgehead atoms. The van der Waals surface area contributed by atoms with Gasteiger partial charge >= 0.3 is 5.97 Å². The highest BCUT2D eigenvalue weighted by atomic mass is 32.1. The number of thiazole rings is 1. The number of fused-ring (bicyclic) bond motifs is 1. The van der Waals surface area contributed by atoms with Gasteiger partial charge in [-0.2, -0.15) is 0 Å². The molecule has 0 saturated heterocycles. The molecule has 0 atom stereocenters. The number of ether oxygens (including phenoxy) is 1. The Morgan fingerprint density at radius 3 is 2.65 bits per heavy atom. The molecule has 3 rings (SSSR count). The number of carbonyl (C=O) groups is 1. The third-order valence-corrected chi connectivity index (χ3v) is 5.01. The van der Waals surface area contributed by atoms with Gasteiger partial charge in [0.05, 0.1) is 23.2 Å². The molecule has 5 heteroatoms. The van der Waals surface area contributed by atoms with Crippen molar-refractivity contribution >= 4 is 39.2 Å². The molecule has 0 fully saturated rings. The molecule has 0 saturated carbocycles. The van der Waals surface area contributed by atoms with Crippen LogP contribution in [0.2, 0.25) is 0 Å². The number of aliphatic carboxylic acids is 1. The highest BCUT2D eigenvalue weighted by molar-refractivity contribution is 7.19. The van der Waals surface area contributed by atoms with Crippen LogP contribution in [0.1, 0.15) is 36.8 Å². The zero-order valence-corrected chi connectivity index (χ0v) is 15.5. The van der Waals surface area contributed by atoms with Gasteiger partial charge in [0.25, 0.3) is 0 Å². The van der Waals surface area contributed by atoms with Gasteiger partial charge in [0.2, 0.25) is 0 Å². The zero-order valence-electron chi connectivity index (χ0n) is 14.6. The molecular formula is C21H21NO3S. The number of benzene rings is 2. The van der Waals surface area contributed by atoms with E-state index in [1.54, 1.807) is 0 Å². The van der Waals surface area contributed by atoms with Crippen molar-refractivity contribution in [3.8, 4) is 5.75 Å². The summed E-state index contributed by atoms with van der Waals surface area (Å²) in [5.74, 6) is -0.0367. The maximum atomic E-state index is 11.3. The van der Waals surface area contributed by atoms with Crippen LogP contribution < -0.4 is 4.74 Å². The maximum Gasteiger partial charge on any atom is 0.307 e. The van der Waals surface area contributed by atoms with Gasteiger partial charge in [-0.25, -0.2) is 4.98 Å². The first-order valence-corrected chi connectivity index (χ1v) is 9.48. The van der Waals surface area contributed by atoms with Crippen LogP contribution in [0.3, 0.4) is 0 Å². The molecule has 1 aromatic heterocycles. The van der Waals surface area contributed by atoms with E-state index in [1.807, 2.05) is 54.6 Å². The largest absolute Gasteiger partial charge is 0.494 e. The summed E-state index contributed by atoms with van der Waals surface area (Å²) >= 11 is 1.52. The van der Waals surface area contributed by atoms with Crippen LogP contribution in [0.25, 0.3) is 21.9 Å². The quantitative estimate of drug-likeness (QED) is 0.535. The number of unbranched alkanes of at least 4 members (excludes halogenated alkanes) is 1. The molecule has 0 aliphatic carbocycles. The van der Waals surface area contributed by atoms with Gasteiger partial charge in [-0.3, -0.25) is 4.79 Å². The van der Waals surface area contributed by atoms with Gasteiger partial charge in [-0.15, -0.1) is 11.3 Å². The van der Waals surface area contributed by atoms with Crippen LogP contribution in [-0.2, 0) is 4.79 Å².